The molecule has 6 nitrogen and oxygen atoms in total. The van der Waals surface area contributed by atoms with Crippen molar-refractivity contribution in [2.24, 2.45) is 12.8 Å². The van der Waals surface area contributed by atoms with Crippen molar-refractivity contribution in [2.75, 3.05) is 20.3 Å². The van der Waals surface area contributed by atoms with E-state index >= 15 is 0 Å². The summed E-state index contributed by atoms with van der Waals surface area (Å²) in [5.41, 5.74) is 6.15. The van der Waals surface area contributed by atoms with Crippen LogP contribution in [0.5, 0.6) is 0 Å². The van der Waals surface area contributed by atoms with Crippen LogP contribution < -0.4 is 5.73 Å². The molecule has 0 aliphatic carbocycles. The Hall–Kier alpha value is -1.40. The highest BCUT2D eigenvalue weighted by atomic mass is 16.5. The van der Waals surface area contributed by atoms with Gasteiger partial charge in [-0.25, -0.2) is 4.98 Å². The van der Waals surface area contributed by atoms with Gasteiger partial charge in [-0.3, -0.25) is 9.69 Å². The molecule has 1 atom stereocenters. The maximum Gasteiger partial charge on any atom is 0.219 e. The SMILES string of the molecule is COC[C@@]1(CC(N)=O)CCCN1Cc1cn(C)cn1. The van der Waals surface area contributed by atoms with Crippen LogP contribution in [-0.4, -0.2) is 46.2 Å². The summed E-state index contributed by atoms with van der Waals surface area (Å²) in [7, 11) is 3.62. The highest BCUT2D eigenvalue weighted by Gasteiger charge is 2.42. The first-order valence-corrected chi connectivity index (χ1v) is 6.55. The number of primary amides is 1. The summed E-state index contributed by atoms with van der Waals surface area (Å²) in [5.74, 6) is -0.273. The van der Waals surface area contributed by atoms with Gasteiger partial charge < -0.3 is 15.0 Å². The van der Waals surface area contributed by atoms with Crippen molar-refractivity contribution >= 4 is 5.91 Å². The lowest BCUT2D eigenvalue weighted by Crippen LogP contribution is -2.49. The van der Waals surface area contributed by atoms with E-state index in [1.807, 2.05) is 17.8 Å². The van der Waals surface area contributed by atoms with Gasteiger partial charge in [-0.1, -0.05) is 0 Å². The van der Waals surface area contributed by atoms with Crippen molar-refractivity contribution < 1.29 is 9.53 Å². The maximum atomic E-state index is 11.4. The highest BCUT2D eigenvalue weighted by Crippen LogP contribution is 2.33. The molecular weight excluding hydrogens is 244 g/mol. The minimum absolute atomic E-state index is 0.266. The standard InChI is InChI=1S/C13H22N4O2/c1-16-7-11(15-10-16)8-17-5-3-4-13(17,9-19-2)6-12(14)18/h7,10H,3-6,8-9H2,1-2H3,(H2,14,18)/t13-/m0/s1. The molecule has 0 spiro atoms. The second kappa shape index (κ2) is 5.71. The zero-order chi connectivity index (χ0) is 13.9. The molecule has 2 rings (SSSR count). The molecule has 1 aromatic rings. The van der Waals surface area contributed by atoms with Crippen molar-refractivity contribution in [3.8, 4) is 0 Å². The Kier molecular flexibility index (Phi) is 4.21. The summed E-state index contributed by atoms with van der Waals surface area (Å²) in [4.78, 5) is 18.0. The monoisotopic (exact) mass is 266 g/mol. The fourth-order valence-electron chi connectivity index (χ4n) is 2.99. The van der Waals surface area contributed by atoms with Gasteiger partial charge in [0.05, 0.1) is 24.2 Å². The molecule has 0 radical (unpaired) electrons. The number of likely N-dealkylation sites (tertiary alicyclic amines) is 1. The van der Waals surface area contributed by atoms with Crippen LogP contribution in [0.2, 0.25) is 0 Å². The highest BCUT2D eigenvalue weighted by molar-refractivity contribution is 5.75. The van der Waals surface area contributed by atoms with Gasteiger partial charge in [0.25, 0.3) is 0 Å². The molecule has 1 aliphatic rings. The van der Waals surface area contributed by atoms with Gasteiger partial charge in [0.2, 0.25) is 5.91 Å². The topological polar surface area (TPSA) is 73.4 Å². The lowest BCUT2D eigenvalue weighted by Gasteiger charge is -2.37. The van der Waals surface area contributed by atoms with Crippen LogP contribution in [0.15, 0.2) is 12.5 Å². The van der Waals surface area contributed by atoms with Crippen molar-refractivity contribution in [1.82, 2.24) is 14.5 Å². The van der Waals surface area contributed by atoms with Crippen molar-refractivity contribution in [3.05, 3.63) is 18.2 Å². The summed E-state index contributed by atoms with van der Waals surface area (Å²) >= 11 is 0. The summed E-state index contributed by atoms with van der Waals surface area (Å²) in [5, 5.41) is 0. The lowest BCUT2D eigenvalue weighted by molar-refractivity contribution is -0.121. The van der Waals surface area contributed by atoms with Crippen LogP contribution in [0.3, 0.4) is 0 Å². The molecule has 6 heteroatoms. The number of rotatable bonds is 6. The van der Waals surface area contributed by atoms with Gasteiger partial charge >= 0.3 is 0 Å². The number of nitrogens with zero attached hydrogens (tertiary/aromatic N) is 3. The third-order valence-electron chi connectivity index (χ3n) is 3.77. The maximum absolute atomic E-state index is 11.4. The molecule has 1 fully saturated rings. The predicted molar refractivity (Wildman–Crippen MR) is 71.3 cm³/mol. The molecule has 0 bridgehead atoms. The van der Waals surface area contributed by atoms with Crippen LogP contribution >= 0.6 is 0 Å². The smallest absolute Gasteiger partial charge is 0.219 e. The number of ether oxygens (including phenoxy) is 1. The first-order valence-electron chi connectivity index (χ1n) is 6.55. The van der Waals surface area contributed by atoms with E-state index in [1.165, 1.54) is 0 Å². The third kappa shape index (κ3) is 3.13. The average Bonchev–Trinajstić information content (AvgIpc) is 2.88. The van der Waals surface area contributed by atoms with Crippen molar-refractivity contribution in [3.63, 3.8) is 0 Å². The second-order valence-electron chi connectivity index (χ2n) is 5.36. The fourth-order valence-corrected chi connectivity index (χ4v) is 2.99. The predicted octanol–water partition coefficient (Wildman–Crippen LogP) is 0.277. The Morgan fingerprint density at radius 2 is 2.42 bits per heavy atom. The number of carbonyl (C=O) groups is 1. The number of imidazole rings is 1. The molecule has 1 amide bonds. The number of amides is 1. The Balaban J connectivity index is 2.14. The summed E-state index contributed by atoms with van der Waals surface area (Å²) < 4.78 is 7.26. The van der Waals surface area contributed by atoms with E-state index in [9.17, 15) is 4.79 Å². The molecule has 106 valence electrons. The number of aromatic nitrogens is 2. The molecular formula is C13H22N4O2. The first kappa shape index (κ1) is 14.0. The molecule has 1 saturated heterocycles. The molecule has 2 heterocycles. The fraction of sp³-hybridized carbons (Fsp3) is 0.692. The van der Waals surface area contributed by atoms with E-state index in [0.717, 1.165) is 31.6 Å². The van der Waals surface area contributed by atoms with E-state index in [2.05, 4.69) is 9.88 Å². The quantitative estimate of drug-likeness (QED) is 0.802. The molecule has 1 aromatic heterocycles. The Labute approximate surface area is 113 Å². The van der Waals surface area contributed by atoms with E-state index in [-0.39, 0.29) is 11.4 Å². The van der Waals surface area contributed by atoms with E-state index in [1.54, 1.807) is 13.4 Å². The molecule has 0 saturated carbocycles. The Morgan fingerprint density at radius 3 is 3.00 bits per heavy atom. The number of aryl methyl sites for hydroxylation is 1. The number of carbonyl (C=O) groups excluding carboxylic acids is 1. The van der Waals surface area contributed by atoms with Crippen LogP contribution in [0.4, 0.5) is 0 Å². The number of nitrogens with two attached hydrogens (primary N) is 1. The van der Waals surface area contributed by atoms with Gasteiger partial charge in [-0.2, -0.15) is 0 Å². The van der Waals surface area contributed by atoms with Gasteiger partial charge in [-0.15, -0.1) is 0 Å². The van der Waals surface area contributed by atoms with Gasteiger partial charge in [-0.05, 0) is 19.4 Å². The minimum atomic E-state index is -0.273. The molecule has 0 unspecified atom stereocenters. The lowest BCUT2D eigenvalue weighted by atomic mass is 9.92. The Bertz CT molecular complexity index is 446. The Morgan fingerprint density at radius 1 is 1.63 bits per heavy atom. The number of hydrogen-bond acceptors (Lipinski definition) is 4. The average molecular weight is 266 g/mol. The van der Waals surface area contributed by atoms with Crippen LogP contribution in [-0.2, 0) is 23.1 Å². The van der Waals surface area contributed by atoms with Crippen LogP contribution in [0.25, 0.3) is 0 Å². The van der Waals surface area contributed by atoms with E-state index < -0.39 is 0 Å². The van der Waals surface area contributed by atoms with E-state index in [0.29, 0.717) is 13.0 Å². The number of hydrogen-bond donors (Lipinski definition) is 1. The van der Waals surface area contributed by atoms with Crippen molar-refractivity contribution in [2.45, 2.75) is 31.3 Å². The molecule has 19 heavy (non-hydrogen) atoms. The molecule has 1 aliphatic heterocycles. The summed E-state index contributed by atoms with van der Waals surface area (Å²) in [6.07, 6.45) is 6.13. The largest absolute Gasteiger partial charge is 0.383 e. The number of methoxy groups -OCH3 is 1. The first-order chi connectivity index (χ1) is 9.05. The van der Waals surface area contributed by atoms with Gasteiger partial charge in [0.15, 0.2) is 0 Å². The van der Waals surface area contributed by atoms with Crippen LogP contribution in [0.1, 0.15) is 25.0 Å². The van der Waals surface area contributed by atoms with Crippen LogP contribution in [0, 0.1) is 0 Å². The van der Waals surface area contributed by atoms with Gasteiger partial charge in [0, 0.05) is 33.3 Å². The zero-order valence-electron chi connectivity index (χ0n) is 11.6. The zero-order valence-corrected chi connectivity index (χ0v) is 11.6. The molecule has 0 aromatic carbocycles. The summed E-state index contributed by atoms with van der Waals surface area (Å²) in [6, 6.07) is 0. The minimum Gasteiger partial charge on any atom is -0.383 e. The second-order valence-corrected chi connectivity index (χ2v) is 5.36. The van der Waals surface area contributed by atoms with Gasteiger partial charge in [0.1, 0.15) is 0 Å². The normalized spacial score (nSPS) is 23.9. The molecule has 2 N–H and O–H groups in total. The third-order valence-corrected chi connectivity index (χ3v) is 3.77. The van der Waals surface area contributed by atoms with Crippen molar-refractivity contribution in [1.29, 1.82) is 0 Å². The summed E-state index contributed by atoms with van der Waals surface area (Å²) in [6.45, 7) is 2.22. The van der Waals surface area contributed by atoms with E-state index in [4.69, 9.17) is 10.5 Å².